The van der Waals surface area contributed by atoms with E-state index in [1.807, 2.05) is 24.0 Å². The van der Waals surface area contributed by atoms with Crippen LogP contribution in [0, 0.1) is 0 Å². The van der Waals surface area contributed by atoms with Crippen LogP contribution in [-0.4, -0.2) is 0 Å². The van der Waals surface area contributed by atoms with Gasteiger partial charge in [-0.2, -0.15) is 0 Å². The highest BCUT2D eigenvalue weighted by Gasteiger charge is 1.76. The van der Waals surface area contributed by atoms with Gasteiger partial charge in [0.05, 0.1) is 15.1 Å². The number of hydrogen-bond donors (Lipinski definition) is 0. The minimum Gasteiger partial charge on any atom is -0.481 e. The molecule has 1 rings (SSSR count). The van der Waals surface area contributed by atoms with Gasteiger partial charge >= 0.3 is 0 Å². The number of hydrogen-bond acceptors (Lipinski definition) is 1. The lowest BCUT2D eigenvalue weighted by Crippen LogP contribution is -1.60. The first-order valence-corrected chi connectivity index (χ1v) is 4.90. The predicted molar refractivity (Wildman–Crippen MR) is 57.3 cm³/mol. The first-order valence-electron chi connectivity index (χ1n) is 3.92. The van der Waals surface area contributed by atoms with Crippen LogP contribution in [0.5, 0.6) is 0 Å². The van der Waals surface area contributed by atoms with Gasteiger partial charge in [-0.1, -0.05) is 37.8 Å². The van der Waals surface area contributed by atoms with Crippen LogP contribution in [0.4, 0.5) is 0 Å². The zero-order valence-corrected chi connectivity index (χ0v) is 8.36. The Labute approximate surface area is 76.4 Å². The SMILES string of the molecule is C1=COPC=C1.C=CC=CCC. The number of allylic oxidation sites excluding steroid dienone is 5. The van der Waals surface area contributed by atoms with Crippen molar-refractivity contribution in [3.63, 3.8) is 0 Å². The lowest BCUT2D eigenvalue weighted by Gasteiger charge is -1.93. The highest BCUT2D eigenvalue weighted by Crippen LogP contribution is 2.16. The Morgan fingerprint density at radius 1 is 1.50 bits per heavy atom. The van der Waals surface area contributed by atoms with Gasteiger partial charge in [0.1, 0.15) is 0 Å². The summed E-state index contributed by atoms with van der Waals surface area (Å²) in [5, 5.41) is 0. The quantitative estimate of drug-likeness (QED) is 0.466. The summed E-state index contributed by atoms with van der Waals surface area (Å²) in [7, 11) is 0.534. The first kappa shape index (κ1) is 11.2. The average Bonchev–Trinajstić information content (AvgIpc) is 2.18. The molecular formula is C10H15OP. The van der Waals surface area contributed by atoms with E-state index in [2.05, 4.69) is 19.6 Å². The fourth-order valence-corrected chi connectivity index (χ4v) is 0.916. The molecule has 0 saturated carbocycles. The second-order valence-electron chi connectivity index (χ2n) is 2.00. The van der Waals surface area contributed by atoms with E-state index in [1.54, 1.807) is 12.3 Å². The second-order valence-corrected chi connectivity index (χ2v) is 2.80. The maximum atomic E-state index is 4.83. The van der Waals surface area contributed by atoms with E-state index in [-0.39, 0.29) is 0 Å². The summed E-state index contributed by atoms with van der Waals surface area (Å²) in [5.41, 5.74) is 0. The molecule has 0 aromatic rings. The largest absolute Gasteiger partial charge is 0.481 e. The Kier molecular flexibility index (Phi) is 9.50. The highest BCUT2D eigenvalue weighted by molar-refractivity contribution is 7.36. The molecule has 0 radical (unpaired) electrons. The van der Waals surface area contributed by atoms with Crippen LogP contribution in [-0.2, 0) is 4.52 Å². The summed E-state index contributed by atoms with van der Waals surface area (Å²) in [6.45, 7) is 5.61. The minimum atomic E-state index is 0.534. The maximum Gasteiger partial charge on any atom is 0.0963 e. The van der Waals surface area contributed by atoms with Gasteiger partial charge in [0, 0.05) is 0 Å². The van der Waals surface area contributed by atoms with Crippen molar-refractivity contribution in [2.45, 2.75) is 13.3 Å². The normalized spacial score (nSPS) is 15.4. The molecule has 1 aliphatic rings. The average molecular weight is 182 g/mol. The zero-order chi connectivity index (χ0) is 9.07. The van der Waals surface area contributed by atoms with Crippen molar-refractivity contribution in [2.24, 2.45) is 0 Å². The summed E-state index contributed by atoms with van der Waals surface area (Å²) in [6, 6.07) is 0. The fraction of sp³-hybridized carbons (Fsp3) is 0.200. The minimum absolute atomic E-state index is 0.534. The highest BCUT2D eigenvalue weighted by atomic mass is 31.1. The molecule has 1 heterocycles. The molecule has 1 atom stereocenters. The van der Waals surface area contributed by atoms with Crippen LogP contribution in [0.15, 0.2) is 49.0 Å². The summed E-state index contributed by atoms with van der Waals surface area (Å²) >= 11 is 0. The van der Waals surface area contributed by atoms with Crippen molar-refractivity contribution in [1.82, 2.24) is 0 Å². The van der Waals surface area contributed by atoms with Gasteiger partial charge in [-0.3, -0.25) is 0 Å². The van der Waals surface area contributed by atoms with Gasteiger partial charge in [0.25, 0.3) is 0 Å². The number of rotatable bonds is 2. The molecule has 1 aliphatic heterocycles. The predicted octanol–water partition coefficient (Wildman–Crippen LogP) is 3.78. The van der Waals surface area contributed by atoms with Crippen molar-refractivity contribution >= 4 is 8.81 Å². The molecule has 0 amide bonds. The van der Waals surface area contributed by atoms with Crippen LogP contribution in [0.3, 0.4) is 0 Å². The standard InChI is InChI=1S/C6H10.C4H5OP/c1-3-5-6-4-2;1-2-4-6-5-3-1/h3,5-6H,1,4H2,2H3;1-4,6H. The van der Waals surface area contributed by atoms with E-state index in [9.17, 15) is 0 Å². The van der Waals surface area contributed by atoms with Crippen molar-refractivity contribution in [3.8, 4) is 0 Å². The van der Waals surface area contributed by atoms with E-state index < -0.39 is 0 Å². The Bertz CT molecular complexity index is 166. The smallest absolute Gasteiger partial charge is 0.0963 e. The molecule has 12 heavy (non-hydrogen) atoms. The van der Waals surface area contributed by atoms with Gasteiger partial charge in [0.2, 0.25) is 0 Å². The molecule has 0 fully saturated rings. The zero-order valence-electron chi connectivity index (χ0n) is 7.36. The second kappa shape index (κ2) is 10.2. The molecule has 0 aliphatic carbocycles. The molecule has 0 N–H and O–H groups in total. The van der Waals surface area contributed by atoms with Gasteiger partial charge in [0.15, 0.2) is 0 Å². The Morgan fingerprint density at radius 3 is 2.50 bits per heavy atom. The molecule has 0 saturated heterocycles. The van der Waals surface area contributed by atoms with Crippen molar-refractivity contribution in [1.29, 1.82) is 0 Å². The molecule has 66 valence electrons. The third-order valence-electron chi connectivity index (χ3n) is 0.998. The molecule has 1 unspecified atom stereocenters. The van der Waals surface area contributed by atoms with Crippen LogP contribution in [0.2, 0.25) is 0 Å². The fourth-order valence-electron chi connectivity index (χ4n) is 0.490. The van der Waals surface area contributed by atoms with Crippen LogP contribution in [0.25, 0.3) is 0 Å². The third-order valence-corrected chi connectivity index (χ3v) is 1.60. The molecule has 0 aromatic carbocycles. The van der Waals surface area contributed by atoms with Crippen LogP contribution in [0.1, 0.15) is 13.3 Å². The molecule has 0 bridgehead atoms. The summed E-state index contributed by atoms with van der Waals surface area (Å²) in [6.07, 6.45) is 12.4. The third kappa shape index (κ3) is 9.19. The summed E-state index contributed by atoms with van der Waals surface area (Å²) < 4.78 is 4.83. The Morgan fingerprint density at radius 2 is 2.33 bits per heavy atom. The molecule has 0 spiro atoms. The Balaban J connectivity index is 0.000000202. The van der Waals surface area contributed by atoms with Gasteiger partial charge < -0.3 is 4.52 Å². The van der Waals surface area contributed by atoms with E-state index in [4.69, 9.17) is 4.52 Å². The molecular weight excluding hydrogens is 167 g/mol. The lowest BCUT2D eigenvalue weighted by atomic mass is 10.4. The van der Waals surface area contributed by atoms with E-state index in [1.165, 1.54) is 0 Å². The van der Waals surface area contributed by atoms with Crippen LogP contribution < -0.4 is 0 Å². The van der Waals surface area contributed by atoms with E-state index in [0.717, 1.165) is 6.42 Å². The van der Waals surface area contributed by atoms with Crippen molar-refractivity contribution in [3.05, 3.63) is 49.0 Å². The molecule has 0 aromatic heterocycles. The van der Waals surface area contributed by atoms with Crippen LogP contribution >= 0.6 is 8.81 Å². The monoisotopic (exact) mass is 182 g/mol. The van der Waals surface area contributed by atoms with E-state index >= 15 is 0 Å². The molecule has 2 heteroatoms. The van der Waals surface area contributed by atoms with Gasteiger partial charge in [-0.15, -0.1) is 0 Å². The van der Waals surface area contributed by atoms with Gasteiger partial charge in [-0.05, 0) is 18.3 Å². The van der Waals surface area contributed by atoms with Crippen molar-refractivity contribution in [2.75, 3.05) is 0 Å². The van der Waals surface area contributed by atoms with Gasteiger partial charge in [-0.25, -0.2) is 0 Å². The summed E-state index contributed by atoms with van der Waals surface area (Å²) in [4.78, 5) is 0. The molecule has 1 nitrogen and oxygen atoms in total. The Hall–Kier alpha value is -0.810. The van der Waals surface area contributed by atoms with Crippen molar-refractivity contribution < 1.29 is 4.52 Å². The maximum absolute atomic E-state index is 4.83. The lowest BCUT2D eigenvalue weighted by molar-refractivity contribution is 0.554. The first-order chi connectivity index (χ1) is 5.91. The topological polar surface area (TPSA) is 9.23 Å². The van der Waals surface area contributed by atoms with E-state index in [0.29, 0.717) is 8.81 Å². The summed E-state index contributed by atoms with van der Waals surface area (Å²) in [5.74, 6) is 1.99.